The SMILES string of the molecule is CNCCc1ccc(N2CCCC2)c(Br)c1. The monoisotopic (exact) mass is 282 g/mol. The van der Waals surface area contributed by atoms with Gasteiger partial charge in [-0.1, -0.05) is 6.07 Å². The Morgan fingerprint density at radius 3 is 2.69 bits per heavy atom. The van der Waals surface area contributed by atoms with Gasteiger partial charge in [-0.2, -0.15) is 0 Å². The zero-order chi connectivity index (χ0) is 11.4. The lowest BCUT2D eigenvalue weighted by Gasteiger charge is -2.19. The topological polar surface area (TPSA) is 15.3 Å². The van der Waals surface area contributed by atoms with Gasteiger partial charge in [0.25, 0.3) is 0 Å². The van der Waals surface area contributed by atoms with Crippen LogP contribution in [0.3, 0.4) is 0 Å². The zero-order valence-electron chi connectivity index (χ0n) is 9.80. The van der Waals surface area contributed by atoms with Crippen molar-refractivity contribution in [1.29, 1.82) is 0 Å². The summed E-state index contributed by atoms with van der Waals surface area (Å²) < 4.78 is 1.24. The lowest BCUT2D eigenvalue weighted by Crippen LogP contribution is -2.18. The van der Waals surface area contributed by atoms with E-state index in [1.165, 1.54) is 41.7 Å². The standard InChI is InChI=1S/C13H19BrN2/c1-15-7-6-11-4-5-13(12(14)10-11)16-8-2-3-9-16/h4-5,10,15H,2-3,6-9H2,1H3. The Labute approximate surface area is 106 Å². The van der Waals surface area contributed by atoms with Crippen molar-refractivity contribution in [3.8, 4) is 0 Å². The molecule has 1 aliphatic heterocycles. The Hall–Kier alpha value is -0.540. The Morgan fingerprint density at radius 2 is 2.06 bits per heavy atom. The van der Waals surface area contributed by atoms with E-state index in [1.54, 1.807) is 0 Å². The lowest BCUT2D eigenvalue weighted by atomic mass is 10.1. The van der Waals surface area contributed by atoms with Crippen LogP contribution >= 0.6 is 15.9 Å². The summed E-state index contributed by atoms with van der Waals surface area (Å²) in [6, 6.07) is 6.75. The molecule has 2 nitrogen and oxygen atoms in total. The Kier molecular flexibility index (Phi) is 4.24. The molecule has 0 spiro atoms. The molecule has 0 aliphatic carbocycles. The molecule has 88 valence electrons. The number of likely N-dealkylation sites (N-methyl/N-ethyl adjacent to an activating group) is 1. The first kappa shape index (κ1) is 11.9. The van der Waals surface area contributed by atoms with Crippen molar-refractivity contribution in [3.05, 3.63) is 28.2 Å². The van der Waals surface area contributed by atoms with Crippen LogP contribution in [0, 0.1) is 0 Å². The van der Waals surface area contributed by atoms with E-state index in [-0.39, 0.29) is 0 Å². The highest BCUT2D eigenvalue weighted by atomic mass is 79.9. The second-order valence-corrected chi connectivity index (χ2v) is 5.19. The van der Waals surface area contributed by atoms with Crippen LogP contribution in [-0.2, 0) is 6.42 Å². The molecule has 0 aromatic heterocycles. The molecule has 1 saturated heterocycles. The van der Waals surface area contributed by atoms with Crippen LogP contribution in [0.15, 0.2) is 22.7 Å². The Bertz CT molecular complexity index is 346. The van der Waals surface area contributed by atoms with Crippen LogP contribution in [-0.4, -0.2) is 26.7 Å². The van der Waals surface area contributed by atoms with Gasteiger partial charge in [-0.25, -0.2) is 0 Å². The van der Waals surface area contributed by atoms with Crippen molar-refractivity contribution >= 4 is 21.6 Å². The summed E-state index contributed by atoms with van der Waals surface area (Å²) >= 11 is 3.69. The summed E-state index contributed by atoms with van der Waals surface area (Å²) in [5, 5.41) is 3.18. The van der Waals surface area contributed by atoms with Crippen molar-refractivity contribution < 1.29 is 0 Å². The molecule has 0 radical (unpaired) electrons. The summed E-state index contributed by atoms with van der Waals surface area (Å²) in [6.07, 6.45) is 3.75. The first-order chi connectivity index (χ1) is 7.81. The molecule has 16 heavy (non-hydrogen) atoms. The quantitative estimate of drug-likeness (QED) is 0.914. The number of nitrogens with zero attached hydrogens (tertiary/aromatic N) is 1. The van der Waals surface area contributed by atoms with E-state index < -0.39 is 0 Å². The van der Waals surface area contributed by atoms with Gasteiger partial charge in [-0.05, 0) is 66.5 Å². The fraction of sp³-hybridized carbons (Fsp3) is 0.538. The number of hydrogen-bond donors (Lipinski definition) is 1. The van der Waals surface area contributed by atoms with Gasteiger partial charge < -0.3 is 10.2 Å². The highest BCUT2D eigenvalue weighted by molar-refractivity contribution is 9.10. The number of halogens is 1. The second-order valence-electron chi connectivity index (χ2n) is 4.33. The van der Waals surface area contributed by atoms with E-state index in [0.717, 1.165) is 13.0 Å². The molecule has 1 aromatic carbocycles. The Morgan fingerprint density at radius 1 is 1.31 bits per heavy atom. The van der Waals surface area contributed by atoms with Crippen LogP contribution in [0.1, 0.15) is 18.4 Å². The van der Waals surface area contributed by atoms with E-state index in [1.807, 2.05) is 7.05 Å². The van der Waals surface area contributed by atoms with Gasteiger partial charge >= 0.3 is 0 Å². The van der Waals surface area contributed by atoms with Crippen LogP contribution in [0.25, 0.3) is 0 Å². The van der Waals surface area contributed by atoms with E-state index in [2.05, 4.69) is 44.3 Å². The average Bonchev–Trinajstić information content (AvgIpc) is 2.80. The summed E-state index contributed by atoms with van der Waals surface area (Å²) in [7, 11) is 1.99. The van der Waals surface area contributed by atoms with Gasteiger partial charge in [0.2, 0.25) is 0 Å². The molecule has 1 aliphatic rings. The third-order valence-electron chi connectivity index (χ3n) is 3.12. The number of rotatable bonds is 4. The van der Waals surface area contributed by atoms with Crippen LogP contribution < -0.4 is 10.2 Å². The predicted octanol–water partition coefficient (Wildman–Crippen LogP) is 2.81. The fourth-order valence-corrected chi connectivity index (χ4v) is 2.87. The van der Waals surface area contributed by atoms with Crippen molar-refractivity contribution in [2.75, 3.05) is 31.6 Å². The predicted molar refractivity (Wildman–Crippen MR) is 73.2 cm³/mol. The van der Waals surface area contributed by atoms with Crippen molar-refractivity contribution in [2.45, 2.75) is 19.3 Å². The van der Waals surface area contributed by atoms with Gasteiger partial charge in [0.15, 0.2) is 0 Å². The molecule has 0 unspecified atom stereocenters. The summed E-state index contributed by atoms with van der Waals surface area (Å²) in [5.41, 5.74) is 2.75. The maximum Gasteiger partial charge on any atom is 0.0510 e. The van der Waals surface area contributed by atoms with Crippen molar-refractivity contribution in [2.24, 2.45) is 0 Å². The lowest BCUT2D eigenvalue weighted by molar-refractivity contribution is 0.791. The highest BCUT2D eigenvalue weighted by Gasteiger charge is 2.14. The van der Waals surface area contributed by atoms with Crippen LogP contribution in [0.5, 0.6) is 0 Å². The van der Waals surface area contributed by atoms with E-state index in [9.17, 15) is 0 Å². The van der Waals surface area contributed by atoms with Gasteiger partial charge in [-0.15, -0.1) is 0 Å². The molecule has 3 heteroatoms. The molecule has 0 atom stereocenters. The van der Waals surface area contributed by atoms with Crippen LogP contribution in [0.4, 0.5) is 5.69 Å². The molecule has 0 amide bonds. The van der Waals surface area contributed by atoms with E-state index >= 15 is 0 Å². The fourth-order valence-electron chi connectivity index (χ4n) is 2.19. The van der Waals surface area contributed by atoms with Gasteiger partial charge in [0.05, 0.1) is 5.69 Å². The zero-order valence-corrected chi connectivity index (χ0v) is 11.4. The van der Waals surface area contributed by atoms with Crippen molar-refractivity contribution in [3.63, 3.8) is 0 Å². The smallest absolute Gasteiger partial charge is 0.0510 e. The summed E-state index contributed by atoms with van der Waals surface area (Å²) in [6.45, 7) is 3.44. The highest BCUT2D eigenvalue weighted by Crippen LogP contribution is 2.29. The molecule has 0 bridgehead atoms. The van der Waals surface area contributed by atoms with Gasteiger partial charge in [0, 0.05) is 17.6 Å². The molecular formula is C13H19BrN2. The van der Waals surface area contributed by atoms with Crippen LogP contribution in [0.2, 0.25) is 0 Å². The molecule has 1 N–H and O–H groups in total. The summed E-state index contributed by atoms with van der Waals surface area (Å²) in [5.74, 6) is 0. The maximum absolute atomic E-state index is 3.69. The largest absolute Gasteiger partial charge is 0.371 e. The second kappa shape index (κ2) is 5.69. The molecule has 1 fully saturated rings. The Balaban J connectivity index is 2.09. The number of anilines is 1. The third-order valence-corrected chi connectivity index (χ3v) is 3.76. The molecular weight excluding hydrogens is 264 g/mol. The average molecular weight is 283 g/mol. The minimum atomic E-state index is 1.04. The summed E-state index contributed by atoms with van der Waals surface area (Å²) in [4.78, 5) is 2.46. The molecule has 0 saturated carbocycles. The maximum atomic E-state index is 3.69. The first-order valence-electron chi connectivity index (χ1n) is 5.99. The number of nitrogens with one attached hydrogen (secondary N) is 1. The normalized spacial score (nSPS) is 15.8. The first-order valence-corrected chi connectivity index (χ1v) is 6.78. The molecule has 1 heterocycles. The van der Waals surface area contributed by atoms with E-state index in [4.69, 9.17) is 0 Å². The number of benzene rings is 1. The minimum absolute atomic E-state index is 1.04. The van der Waals surface area contributed by atoms with E-state index in [0.29, 0.717) is 0 Å². The third kappa shape index (κ3) is 2.77. The molecule has 2 rings (SSSR count). The van der Waals surface area contributed by atoms with Gasteiger partial charge in [0.1, 0.15) is 0 Å². The minimum Gasteiger partial charge on any atom is -0.371 e. The number of hydrogen-bond acceptors (Lipinski definition) is 2. The van der Waals surface area contributed by atoms with Crippen molar-refractivity contribution in [1.82, 2.24) is 5.32 Å². The molecule has 1 aromatic rings. The van der Waals surface area contributed by atoms with Gasteiger partial charge in [-0.3, -0.25) is 0 Å².